The van der Waals surface area contributed by atoms with Crippen molar-refractivity contribution in [3.8, 4) is 11.4 Å². The first-order chi connectivity index (χ1) is 10.1. The zero-order valence-corrected chi connectivity index (χ0v) is 11.9. The summed E-state index contributed by atoms with van der Waals surface area (Å²) in [6.07, 6.45) is 1.27. The molecule has 1 fully saturated rings. The Bertz CT molecular complexity index is 692. The number of aromatic nitrogens is 2. The van der Waals surface area contributed by atoms with Gasteiger partial charge in [0.25, 0.3) is 0 Å². The molecule has 0 N–H and O–H groups in total. The molecule has 1 heterocycles. The van der Waals surface area contributed by atoms with Gasteiger partial charge in [0.15, 0.2) is 0 Å². The van der Waals surface area contributed by atoms with Crippen LogP contribution in [0.25, 0.3) is 11.4 Å². The highest BCUT2D eigenvalue weighted by molar-refractivity contribution is 5.85. The van der Waals surface area contributed by atoms with E-state index in [-0.39, 0.29) is 23.5 Å². The Morgan fingerprint density at radius 1 is 1.48 bits per heavy atom. The lowest BCUT2D eigenvalue weighted by molar-refractivity contribution is -0.146. The zero-order chi connectivity index (χ0) is 15.0. The monoisotopic (exact) mass is 290 g/mol. The molecule has 0 amide bonds. The van der Waals surface area contributed by atoms with Crippen LogP contribution in [-0.2, 0) is 14.9 Å². The van der Waals surface area contributed by atoms with E-state index in [0.717, 1.165) is 0 Å². The van der Waals surface area contributed by atoms with Crippen molar-refractivity contribution in [2.45, 2.75) is 32.1 Å². The molecule has 1 aromatic carbocycles. The van der Waals surface area contributed by atoms with E-state index in [1.807, 2.05) is 0 Å². The van der Waals surface area contributed by atoms with Gasteiger partial charge >= 0.3 is 5.97 Å². The molecule has 110 valence electrons. The number of benzene rings is 1. The minimum absolute atomic E-state index is 0.247. The molecule has 0 spiro atoms. The first-order valence-electron chi connectivity index (χ1n) is 6.85. The molecule has 21 heavy (non-hydrogen) atoms. The Morgan fingerprint density at radius 3 is 2.86 bits per heavy atom. The molecular formula is C15H15FN2O3. The van der Waals surface area contributed by atoms with E-state index < -0.39 is 5.41 Å². The summed E-state index contributed by atoms with van der Waals surface area (Å²) >= 11 is 0. The average molecular weight is 290 g/mol. The first kappa shape index (κ1) is 13.7. The molecule has 0 bridgehead atoms. The number of esters is 1. The summed E-state index contributed by atoms with van der Waals surface area (Å²) in [7, 11) is 0. The van der Waals surface area contributed by atoms with E-state index in [0.29, 0.717) is 30.6 Å². The van der Waals surface area contributed by atoms with Gasteiger partial charge in [-0.1, -0.05) is 17.3 Å². The predicted molar refractivity (Wildman–Crippen MR) is 72.0 cm³/mol. The molecule has 1 aliphatic carbocycles. The smallest absolute Gasteiger partial charge is 0.321 e. The van der Waals surface area contributed by atoms with Gasteiger partial charge in [0.1, 0.15) is 11.2 Å². The van der Waals surface area contributed by atoms with Crippen LogP contribution in [0.2, 0.25) is 0 Å². The van der Waals surface area contributed by atoms with Gasteiger partial charge in [-0.05, 0) is 38.3 Å². The lowest BCUT2D eigenvalue weighted by Gasteiger charge is -2.08. The maximum Gasteiger partial charge on any atom is 0.321 e. The molecule has 0 unspecified atom stereocenters. The fourth-order valence-corrected chi connectivity index (χ4v) is 2.17. The van der Waals surface area contributed by atoms with Crippen LogP contribution < -0.4 is 0 Å². The number of ether oxygens (including phenoxy) is 1. The number of hydrogen-bond donors (Lipinski definition) is 0. The Morgan fingerprint density at radius 2 is 2.24 bits per heavy atom. The molecule has 6 heteroatoms. The minimum Gasteiger partial charge on any atom is -0.465 e. The van der Waals surface area contributed by atoms with Crippen LogP contribution in [0.1, 0.15) is 31.2 Å². The van der Waals surface area contributed by atoms with Gasteiger partial charge in [-0.15, -0.1) is 0 Å². The van der Waals surface area contributed by atoms with Crippen molar-refractivity contribution in [3.05, 3.63) is 35.5 Å². The van der Waals surface area contributed by atoms with E-state index in [2.05, 4.69) is 10.1 Å². The first-order valence-corrected chi connectivity index (χ1v) is 6.85. The third kappa shape index (κ3) is 2.30. The number of carbonyl (C=O) groups is 1. The molecule has 1 saturated carbocycles. The summed E-state index contributed by atoms with van der Waals surface area (Å²) in [5.74, 6) is -0.142. The van der Waals surface area contributed by atoms with Crippen LogP contribution in [0.5, 0.6) is 0 Å². The van der Waals surface area contributed by atoms with Crippen molar-refractivity contribution in [3.63, 3.8) is 0 Å². The fourth-order valence-electron chi connectivity index (χ4n) is 2.17. The maximum absolute atomic E-state index is 13.6. The number of hydrogen-bond acceptors (Lipinski definition) is 5. The van der Waals surface area contributed by atoms with Crippen LogP contribution in [0.3, 0.4) is 0 Å². The highest BCUT2D eigenvalue weighted by atomic mass is 19.1. The van der Waals surface area contributed by atoms with E-state index in [4.69, 9.17) is 9.26 Å². The average Bonchev–Trinajstić information content (AvgIpc) is 3.13. The second-order valence-electron chi connectivity index (χ2n) is 5.19. The Hall–Kier alpha value is -2.24. The number of nitrogens with zero attached hydrogens (tertiary/aromatic N) is 2. The molecule has 0 aliphatic heterocycles. The second kappa shape index (κ2) is 4.95. The van der Waals surface area contributed by atoms with E-state index in [1.54, 1.807) is 26.0 Å². The van der Waals surface area contributed by atoms with Crippen molar-refractivity contribution in [2.24, 2.45) is 0 Å². The normalized spacial score (nSPS) is 15.8. The molecule has 1 aliphatic rings. The van der Waals surface area contributed by atoms with E-state index in [9.17, 15) is 9.18 Å². The Labute approximate surface area is 121 Å². The second-order valence-corrected chi connectivity index (χ2v) is 5.19. The third-order valence-electron chi connectivity index (χ3n) is 3.68. The van der Waals surface area contributed by atoms with Crippen molar-refractivity contribution in [1.82, 2.24) is 10.1 Å². The van der Waals surface area contributed by atoms with Crippen LogP contribution in [0.15, 0.2) is 22.7 Å². The Kier molecular flexibility index (Phi) is 3.23. The van der Waals surface area contributed by atoms with Crippen LogP contribution in [0, 0.1) is 12.7 Å². The Balaban J connectivity index is 1.90. The van der Waals surface area contributed by atoms with Gasteiger partial charge in [0, 0.05) is 5.56 Å². The largest absolute Gasteiger partial charge is 0.465 e. The van der Waals surface area contributed by atoms with Gasteiger partial charge in [-0.25, -0.2) is 4.39 Å². The zero-order valence-electron chi connectivity index (χ0n) is 11.9. The highest BCUT2D eigenvalue weighted by Crippen LogP contribution is 2.48. The summed E-state index contributed by atoms with van der Waals surface area (Å²) in [5.41, 5.74) is 0.269. The molecule has 0 radical (unpaired) electrons. The topological polar surface area (TPSA) is 65.2 Å². The lowest BCUT2D eigenvalue weighted by atomic mass is 10.1. The van der Waals surface area contributed by atoms with Crippen LogP contribution in [0.4, 0.5) is 4.39 Å². The molecule has 2 aromatic rings. The van der Waals surface area contributed by atoms with Gasteiger partial charge in [0.05, 0.1) is 6.61 Å². The standard InChI is InChI=1S/C15H15FN2O3/c1-3-20-14(19)15(6-7-15)13-17-12(18-21-13)10-5-4-9(2)11(16)8-10/h4-5,8H,3,6-7H2,1-2H3. The maximum atomic E-state index is 13.6. The van der Waals surface area contributed by atoms with Gasteiger partial charge in [-0.2, -0.15) is 4.98 Å². The molecule has 3 rings (SSSR count). The SMILES string of the molecule is CCOC(=O)C1(c2nc(-c3ccc(C)c(F)c3)no2)CC1. The number of aryl methyl sites for hydroxylation is 1. The lowest BCUT2D eigenvalue weighted by Crippen LogP contribution is -2.23. The van der Waals surface area contributed by atoms with Gasteiger partial charge < -0.3 is 9.26 Å². The number of carbonyl (C=O) groups excluding carboxylic acids is 1. The highest BCUT2D eigenvalue weighted by Gasteiger charge is 2.57. The quantitative estimate of drug-likeness (QED) is 0.810. The molecule has 1 aromatic heterocycles. The van der Waals surface area contributed by atoms with Crippen molar-refractivity contribution in [2.75, 3.05) is 6.61 Å². The number of rotatable bonds is 4. The fraction of sp³-hybridized carbons (Fsp3) is 0.400. The number of halogens is 1. The minimum atomic E-state index is -0.801. The molecule has 5 nitrogen and oxygen atoms in total. The molecular weight excluding hydrogens is 275 g/mol. The summed E-state index contributed by atoms with van der Waals surface area (Å²) in [6.45, 7) is 3.74. The molecule has 0 atom stereocenters. The van der Waals surface area contributed by atoms with E-state index >= 15 is 0 Å². The predicted octanol–water partition coefficient (Wildman–Crippen LogP) is 2.78. The van der Waals surface area contributed by atoms with Crippen molar-refractivity contribution < 1.29 is 18.4 Å². The summed E-state index contributed by atoms with van der Waals surface area (Å²) < 4.78 is 23.8. The van der Waals surface area contributed by atoms with E-state index in [1.165, 1.54) is 6.07 Å². The third-order valence-corrected chi connectivity index (χ3v) is 3.68. The van der Waals surface area contributed by atoms with Crippen molar-refractivity contribution in [1.29, 1.82) is 0 Å². The summed E-state index contributed by atoms with van der Waals surface area (Å²) in [4.78, 5) is 16.2. The van der Waals surface area contributed by atoms with Crippen LogP contribution in [-0.4, -0.2) is 22.7 Å². The summed E-state index contributed by atoms with van der Waals surface area (Å²) in [5, 5.41) is 3.85. The molecule has 0 saturated heterocycles. The van der Waals surface area contributed by atoms with Gasteiger partial charge in [0.2, 0.25) is 11.7 Å². The van der Waals surface area contributed by atoms with Crippen LogP contribution >= 0.6 is 0 Å². The van der Waals surface area contributed by atoms with Crippen molar-refractivity contribution >= 4 is 5.97 Å². The summed E-state index contributed by atoms with van der Waals surface area (Å²) in [6, 6.07) is 4.73. The van der Waals surface area contributed by atoms with Gasteiger partial charge in [-0.3, -0.25) is 4.79 Å².